The van der Waals surface area contributed by atoms with Crippen molar-refractivity contribution in [1.29, 1.82) is 0 Å². The average Bonchev–Trinajstić information content (AvgIpc) is 2.97. The number of nitrogens with one attached hydrogen (secondary N) is 2. The third-order valence-electron chi connectivity index (χ3n) is 4.61. The van der Waals surface area contributed by atoms with Crippen LogP contribution in [0.3, 0.4) is 0 Å². The number of esters is 1. The van der Waals surface area contributed by atoms with Crippen molar-refractivity contribution in [2.24, 2.45) is 5.92 Å². The van der Waals surface area contributed by atoms with Gasteiger partial charge in [-0.25, -0.2) is 4.79 Å². The SMILES string of the molecule is COC(=O)c1c(NC(=S)Nc2ccccc2C(F)(F)F)sc2c1CCC(C)C2. The maximum absolute atomic E-state index is 13.2. The first-order valence-corrected chi connectivity index (χ1v) is 9.90. The van der Waals surface area contributed by atoms with Crippen LogP contribution in [0.5, 0.6) is 0 Å². The van der Waals surface area contributed by atoms with Crippen molar-refractivity contribution in [3.05, 3.63) is 45.8 Å². The van der Waals surface area contributed by atoms with Gasteiger partial charge >= 0.3 is 12.1 Å². The van der Waals surface area contributed by atoms with Crippen LogP contribution >= 0.6 is 23.6 Å². The van der Waals surface area contributed by atoms with Crippen molar-refractivity contribution in [2.45, 2.75) is 32.4 Å². The number of thiophene rings is 1. The second-order valence-corrected chi connectivity index (χ2v) is 8.18. The highest BCUT2D eigenvalue weighted by Crippen LogP contribution is 2.40. The summed E-state index contributed by atoms with van der Waals surface area (Å²) in [6.07, 6.45) is -1.93. The van der Waals surface area contributed by atoms with Gasteiger partial charge in [0.25, 0.3) is 0 Å². The van der Waals surface area contributed by atoms with Gasteiger partial charge in [-0.2, -0.15) is 13.2 Å². The highest BCUT2D eigenvalue weighted by Gasteiger charge is 2.33. The molecule has 1 aromatic carbocycles. The fourth-order valence-corrected chi connectivity index (χ4v) is 4.93. The Labute approximate surface area is 170 Å². The highest BCUT2D eigenvalue weighted by atomic mass is 32.1. The first kappa shape index (κ1) is 20.6. The summed E-state index contributed by atoms with van der Waals surface area (Å²) in [7, 11) is 1.30. The molecule has 0 amide bonds. The quantitative estimate of drug-likeness (QED) is 0.500. The Balaban J connectivity index is 1.86. The van der Waals surface area contributed by atoms with Crippen LogP contribution in [0.25, 0.3) is 0 Å². The molecular weight excluding hydrogens is 409 g/mol. The Hall–Kier alpha value is -2.13. The van der Waals surface area contributed by atoms with Gasteiger partial charge in [-0.1, -0.05) is 19.1 Å². The third-order valence-corrected chi connectivity index (χ3v) is 5.98. The average molecular weight is 429 g/mol. The van der Waals surface area contributed by atoms with E-state index in [-0.39, 0.29) is 10.8 Å². The number of carbonyl (C=O) groups is 1. The molecule has 1 aliphatic carbocycles. The molecule has 2 N–H and O–H groups in total. The molecule has 1 heterocycles. The van der Waals surface area contributed by atoms with E-state index in [1.165, 1.54) is 36.6 Å². The first-order valence-electron chi connectivity index (χ1n) is 8.67. The van der Waals surface area contributed by atoms with Gasteiger partial charge in [-0.15, -0.1) is 11.3 Å². The predicted octanol–water partition coefficient (Wildman–Crippen LogP) is 5.49. The zero-order valence-electron chi connectivity index (χ0n) is 15.3. The molecule has 1 unspecified atom stereocenters. The summed E-state index contributed by atoms with van der Waals surface area (Å²) in [5.74, 6) is 0.0290. The molecule has 3 rings (SSSR count). The van der Waals surface area contributed by atoms with E-state index in [9.17, 15) is 18.0 Å². The number of rotatable bonds is 3. The number of para-hydroxylation sites is 1. The van der Waals surface area contributed by atoms with Gasteiger partial charge in [-0.05, 0) is 55.1 Å². The van der Waals surface area contributed by atoms with Crippen LogP contribution in [0.4, 0.5) is 23.9 Å². The Bertz CT molecular complexity index is 909. The molecule has 0 saturated carbocycles. The monoisotopic (exact) mass is 428 g/mol. The molecule has 0 aliphatic heterocycles. The van der Waals surface area contributed by atoms with Gasteiger partial charge in [0.15, 0.2) is 5.11 Å². The summed E-state index contributed by atoms with van der Waals surface area (Å²) in [6.45, 7) is 2.15. The number of benzene rings is 1. The lowest BCUT2D eigenvalue weighted by atomic mass is 9.88. The van der Waals surface area contributed by atoms with Gasteiger partial charge in [0.1, 0.15) is 5.00 Å². The molecule has 9 heteroatoms. The molecular formula is C19H19F3N2O2S2. The number of fused-ring (bicyclic) bond motifs is 1. The standard InChI is InChI=1S/C19H19F3N2O2S2/c1-10-7-8-11-14(9-10)28-16(15(11)17(25)26-2)24-18(27)23-13-6-4-3-5-12(13)19(20,21)22/h3-6,10H,7-9H2,1-2H3,(H2,23,24,27). The molecule has 1 aromatic heterocycles. The highest BCUT2D eigenvalue weighted by molar-refractivity contribution is 7.80. The lowest BCUT2D eigenvalue weighted by molar-refractivity contribution is -0.136. The molecule has 4 nitrogen and oxygen atoms in total. The first-order chi connectivity index (χ1) is 13.2. The maximum Gasteiger partial charge on any atom is 0.418 e. The largest absolute Gasteiger partial charge is 0.465 e. The fourth-order valence-electron chi connectivity index (χ4n) is 3.25. The van der Waals surface area contributed by atoms with E-state index in [1.807, 2.05) is 0 Å². The van der Waals surface area contributed by atoms with Crippen molar-refractivity contribution < 1.29 is 22.7 Å². The fraction of sp³-hybridized carbons (Fsp3) is 0.368. The predicted molar refractivity (Wildman–Crippen MR) is 108 cm³/mol. The minimum atomic E-state index is -4.51. The molecule has 0 saturated heterocycles. The number of alkyl halides is 3. The molecule has 1 aliphatic rings. The normalized spacial score (nSPS) is 16.2. The minimum Gasteiger partial charge on any atom is -0.465 e. The van der Waals surface area contributed by atoms with Gasteiger partial charge in [-0.3, -0.25) is 0 Å². The van der Waals surface area contributed by atoms with Crippen molar-refractivity contribution >= 4 is 45.3 Å². The van der Waals surface area contributed by atoms with E-state index >= 15 is 0 Å². The van der Waals surface area contributed by atoms with E-state index in [2.05, 4.69) is 17.6 Å². The topological polar surface area (TPSA) is 50.4 Å². The van der Waals surface area contributed by atoms with E-state index in [0.717, 1.165) is 35.8 Å². The molecule has 150 valence electrons. The molecule has 0 spiro atoms. The van der Waals surface area contributed by atoms with Crippen LogP contribution in [0, 0.1) is 5.92 Å². The number of carbonyl (C=O) groups excluding carboxylic acids is 1. The summed E-state index contributed by atoms with van der Waals surface area (Å²) in [4.78, 5) is 13.4. The zero-order chi connectivity index (χ0) is 20.5. The van der Waals surface area contributed by atoms with Crippen LogP contribution in [0.2, 0.25) is 0 Å². The van der Waals surface area contributed by atoms with Gasteiger partial charge in [0.05, 0.1) is 23.9 Å². The number of ether oxygens (including phenoxy) is 1. The molecule has 1 atom stereocenters. The number of halogens is 3. The number of methoxy groups -OCH3 is 1. The molecule has 0 radical (unpaired) electrons. The molecule has 2 aromatic rings. The van der Waals surface area contributed by atoms with Crippen LogP contribution in [-0.4, -0.2) is 18.2 Å². The maximum atomic E-state index is 13.2. The Morgan fingerprint density at radius 1 is 1.29 bits per heavy atom. The van der Waals surface area contributed by atoms with E-state index in [1.54, 1.807) is 0 Å². The lowest BCUT2D eigenvalue weighted by Crippen LogP contribution is -2.22. The second kappa shape index (κ2) is 8.08. The number of thiocarbonyl (C=S) groups is 1. The van der Waals surface area contributed by atoms with E-state index in [4.69, 9.17) is 17.0 Å². The molecule has 0 bridgehead atoms. The van der Waals surface area contributed by atoms with Crippen LogP contribution in [0.15, 0.2) is 24.3 Å². The smallest absolute Gasteiger partial charge is 0.418 e. The van der Waals surface area contributed by atoms with Crippen LogP contribution in [0.1, 0.15) is 39.7 Å². The summed E-state index contributed by atoms with van der Waals surface area (Å²) >= 11 is 6.61. The Kier molecular flexibility index (Phi) is 5.95. The molecule has 0 fully saturated rings. The van der Waals surface area contributed by atoms with Crippen LogP contribution < -0.4 is 10.6 Å². The van der Waals surface area contributed by atoms with Crippen molar-refractivity contribution in [3.8, 4) is 0 Å². The van der Waals surface area contributed by atoms with Gasteiger partial charge in [0.2, 0.25) is 0 Å². The minimum absolute atomic E-state index is 0.0199. The number of hydrogen-bond donors (Lipinski definition) is 2. The van der Waals surface area contributed by atoms with Crippen molar-refractivity contribution in [3.63, 3.8) is 0 Å². The van der Waals surface area contributed by atoms with E-state index < -0.39 is 17.7 Å². The van der Waals surface area contributed by atoms with Crippen molar-refractivity contribution in [1.82, 2.24) is 0 Å². The van der Waals surface area contributed by atoms with Crippen LogP contribution in [-0.2, 0) is 23.8 Å². The van der Waals surface area contributed by atoms with Gasteiger partial charge < -0.3 is 15.4 Å². The summed E-state index contributed by atoms with van der Waals surface area (Å²) < 4.78 is 44.4. The van der Waals surface area contributed by atoms with E-state index in [0.29, 0.717) is 16.5 Å². The summed E-state index contributed by atoms with van der Waals surface area (Å²) in [6, 6.07) is 5.09. The Morgan fingerprint density at radius 2 is 2.00 bits per heavy atom. The second-order valence-electron chi connectivity index (χ2n) is 6.67. The number of anilines is 2. The van der Waals surface area contributed by atoms with Gasteiger partial charge in [0, 0.05) is 4.88 Å². The molecule has 28 heavy (non-hydrogen) atoms. The number of hydrogen-bond acceptors (Lipinski definition) is 4. The summed E-state index contributed by atoms with van der Waals surface area (Å²) in [5.41, 5.74) is 0.396. The summed E-state index contributed by atoms with van der Waals surface area (Å²) in [5, 5.41) is 5.96. The Morgan fingerprint density at radius 3 is 2.68 bits per heavy atom. The third kappa shape index (κ3) is 4.30. The lowest BCUT2D eigenvalue weighted by Gasteiger charge is -2.18. The van der Waals surface area contributed by atoms with Crippen molar-refractivity contribution in [2.75, 3.05) is 17.7 Å². The zero-order valence-corrected chi connectivity index (χ0v) is 16.9.